The maximum atomic E-state index is 10.9. The molecule has 4 unspecified atom stereocenters. The quantitative estimate of drug-likeness (QED) is 0.899. The molecule has 1 saturated carbocycles. The molecule has 2 fully saturated rings. The van der Waals surface area contributed by atoms with Crippen LogP contribution in [0.3, 0.4) is 0 Å². The van der Waals surface area contributed by atoms with E-state index in [1.807, 2.05) is 18.2 Å². The number of piperidine rings is 1. The van der Waals surface area contributed by atoms with Crippen LogP contribution in [0, 0.1) is 5.92 Å². The van der Waals surface area contributed by atoms with Crippen LogP contribution >= 0.6 is 0 Å². The van der Waals surface area contributed by atoms with E-state index in [9.17, 15) is 5.11 Å². The third kappa shape index (κ3) is 3.17. The van der Waals surface area contributed by atoms with Gasteiger partial charge in [0.15, 0.2) is 0 Å². The van der Waals surface area contributed by atoms with Crippen LogP contribution in [-0.4, -0.2) is 28.6 Å². The molecule has 1 saturated heterocycles. The third-order valence-corrected chi connectivity index (χ3v) is 5.64. The number of rotatable bonds is 4. The lowest BCUT2D eigenvalue weighted by Gasteiger charge is -2.48. The SMILES string of the molecule is CCC(C(O)c1ccccc1)N1CCCC2CCCCC21. The highest BCUT2D eigenvalue weighted by atomic mass is 16.3. The fourth-order valence-electron chi connectivity index (χ4n) is 4.59. The van der Waals surface area contributed by atoms with Gasteiger partial charge in [0, 0.05) is 12.1 Å². The first-order valence-corrected chi connectivity index (χ1v) is 8.80. The smallest absolute Gasteiger partial charge is 0.0945 e. The molecule has 21 heavy (non-hydrogen) atoms. The zero-order valence-corrected chi connectivity index (χ0v) is 13.2. The lowest BCUT2D eigenvalue weighted by molar-refractivity contribution is -0.0296. The molecular weight excluding hydrogens is 258 g/mol. The number of aliphatic hydroxyl groups excluding tert-OH is 1. The van der Waals surface area contributed by atoms with Crippen LogP contribution in [-0.2, 0) is 0 Å². The van der Waals surface area contributed by atoms with Gasteiger partial charge in [-0.3, -0.25) is 4.90 Å². The van der Waals surface area contributed by atoms with Crippen molar-refractivity contribution in [3.63, 3.8) is 0 Å². The van der Waals surface area contributed by atoms with Crippen molar-refractivity contribution in [2.45, 2.75) is 70.1 Å². The summed E-state index contributed by atoms with van der Waals surface area (Å²) in [6, 6.07) is 11.2. The van der Waals surface area contributed by atoms with E-state index in [1.165, 1.54) is 45.1 Å². The minimum absolute atomic E-state index is 0.276. The van der Waals surface area contributed by atoms with E-state index in [4.69, 9.17) is 0 Å². The summed E-state index contributed by atoms with van der Waals surface area (Å²) in [5, 5.41) is 10.9. The lowest BCUT2D eigenvalue weighted by atomic mass is 9.77. The summed E-state index contributed by atoms with van der Waals surface area (Å²) in [7, 11) is 0. The van der Waals surface area contributed by atoms with Crippen LogP contribution in [0.5, 0.6) is 0 Å². The van der Waals surface area contributed by atoms with Crippen molar-refractivity contribution in [2.24, 2.45) is 5.92 Å². The first kappa shape index (κ1) is 15.1. The van der Waals surface area contributed by atoms with Gasteiger partial charge in [0.1, 0.15) is 0 Å². The summed E-state index contributed by atoms with van der Waals surface area (Å²) < 4.78 is 0. The molecule has 1 aromatic carbocycles. The first-order chi connectivity index (χ1) is 10.3. The standard InChI is InChI=1S/C19H29NO/c1-2-17(19(21)16-10-4-3-5-11-16)20-14-8-12-15-9-6-7-13-18(15)20/h3-5,10-11,15,17-19,21H,2,6-9,12-14H2,1H3. The van der Waals surface area contributed by atoms with Gasteiger partial charge < -0.3 is 5.11 Å². The lowest BCUT2D eigenvalue weighted by Crippen LogP contribution is -2.53. The van der Waals surface area contributed by atoms with E-state index >= 15 is 0 Å². The molecular formula is C19H29NO. The number of hydrogen-bond acceptors (Lipinski definition) is 2. The van der Waals surface area contributed by atoms with Crippen LogP contribution in [0.15, 0.2) is 30.3 Å². The molecule has 0 amide bonds. The van der Waals surface area contributed by atoms with Crippen LogP contribution in [0.1, 0.15) is 63.5 Å². The first-order valence-electron chi connectivity index (χ1n) is 8.80. The molecule has 1 aliphatic heterocycles. The molecule has 0 spiro atoms. The van der Waals surface area contributed by atoms with Crippen molar-refractivity contribution in [1.82, 2.24) is 4.90 Å². The largest absolute Gasteiger partial charge is 0.387 e. The summed E-state index contributed by atoms with van der Waals surface area (Å²) in [6.45, 7) is 3.40. The predicted octanol–water partition coefficient (Wildman–Crippen LogP) is 4.15. The molecule has 1 N–H and O–H groups in total. The number of hydrogen-bond donors (Lipinski definition) is 1. The summed E-state index contributed by atoms with van der Waals surface area (Å²) in [6.07, 6.45) is 8.90. The number of likely N-dealkylation sites (tertiary alicyclic amines) is 1. The molecule has 0 aromatic heterocycles. The fraction of sp³-hybridized carbons (Fsp3) is 0.684. The molecule has 3 rings (SSSR count). The minimum atomic E-state index is -0.350. The molecule has 2 heteroatoms. The Bertz CT molecular complexity index is 430. The Kier molecular flexibility index (Phi) is 4.97. The molecule has 116 valence electrons. The molecule has 2 nitrogen and oxygen atoms in total. The highest BCUT2D eigenvalue weighted by Gasteiger charge is 2.38. The Labute approximate surface area is 129 Å². The third-order valence-electron chi connectivity index (χ3n) is 5.64. The Hall–Kier alpha value is -0.860. The van der Waals surface area contributed by atoms with Crippen molar-refractivity contribution in [1.29, 1.82) is 0 Å². The molecule has 1 aliphatic carbocycles. The monoisotopic (exact) mass is 287 g/mol. The van der Waals surface area contributed by atoms with E-state index in [2.05, 4.69) is 24.0 Å². The number of benzene rings is 1. The number of fused-ring (bicyclic) bond motifs is 1. The average Bonchev–Trinajstić information content (AvgIpc) is 2.56. The maximum absolute atomic E-state index is 10.9. The normalized spacial score (nSPS) is 29.6. The topological polar surface area (TPSA) is 23.5 Å². The van der Waals surface area contributed by atoms with Gasteiger partial charge in [-0.2, -0.15) is 0 Å². The second kappa shape index (κ2) is 6.93. The Balaban J connectivity index is 1.78. The van der Waals surface area contributed by atoms with Gasteiger partial charge in [0.2, 0.25) is 0 Å². The van der Waals surface area contributed by atoms with Gasteiger partial charge in [-0.1, -0.05) is 50.1 Å². The van der Waals surface area contributed by atoms with E-state index in [0.717, 1.165) is 23.9 Å². The molecule has 1 heterocycles. The van der Waals surface area contributed by atoms with Gasteiger partial charge in [0.05, 0.1) is 6.10 Å². The zero-order valence-electron chi connectivity index (χ0n) is 13.2. The average molecular weight is 287 g/mol. The van der Waals surface area contributed by atoms with Crippen LogP contribution in [0.2, 0.25) is 0 Å². The van der Waals surface area contributed by atoms with Crippen LogP contribution in [0.25, 0.3) is 0 Å². The number of aliphatic hydroxyl groups is 1. The van der Waals surface area contributed by atoms with Crippen LogP contribution in [0.4, 0.5) is 0 Å². The summed E-state index contributed by atoms with van der Waals surface area (Å²) in [5.74, 6) is 0.879. The Morgan fingerprint density at radius 2 is 1.81 bits per heavy atom. The predicted molar refractivity (Wildman–Crippen MR) is 87.2 cm³/mol. The van der Waals surface area contributed by atoms with E-state index in [1.54, 1.807) is 0 Å². The van der Waals surface area contributed by atoms with E-state index < -0.39 is 0 Å². The van der Waals surface area contributed by atoms with Gasteiger partial charge >= 0.3 is 0 Å². The highest BCUT2D eigenvalue weighted by molar-refractivity contribution is 5.19. The van der Waals surface area contributed by atoms with Crippen molar-refractivity contribution in [3.05, 3.63) is 35.9 Å². The van der Waals surface area contributed by atoms with Crippen molar-refractivity contribution < 1.29 is 5.11 Å². The van der Waals surface area contributed by atoms with Crippen molar-refractivity contribution in [2.75, 3.05) is 6.54 Å². The minimum Gasteiger partial charge on any atom is -0.387 e. The van der Waals surface area contributed by atoms with E-state index in [-0.39, 0.29) is 12.1 Å². The molecule has 2 aliphatic rings. The molecule has 0 bridgehead atoms. The summed E-state index contributed by atoms with van der Waals surface area (Å²) >= 11 is 0. The summed E-state index contributed by atoms with van der Waals surface area (Å²) in [5.41, 5.74) is 1.07. The zero-order chi connectivity index (χ0) is 14.7. The van der Waals surface area contributed by atoms with E-state index in [0.29, 0.717) is 0 Å². The van der Waals surface area contributed by atoms with Gasteiger partial charge in [-0.25, -0.2) is 0 Å². The molecule has 1 aromatic rings. The molecule has 4 atom stereocenters. The second-order valence-electron chi connectivity index (χ2n) is 6.82. The van der Waals surface area contributed by atoms with Crippen molar-refractivity contribution in [3.8, 4) is 0 Å². The van der Waals surface area contributed by atoms with Gasteiger partial charge in [0.25, 0.3) is 0 Å². The maximum Gasteiger partial charge on any atom is 0.0945 e. The highest BCUT2D eigenvalue weighted by Crippen LogP contribution is 2.38. The van der Waals surface area contributed by atoms with Gasteiger partial charge in [-0.15, -0.1) is 0 Å². The number of nitrogens with zero attached hydrogens (tertiary/aromatic N) is 1. The Morgan fingerprint density at radius 1 is 1.10 bits per heavy atom. The molecule has 0 radical (unpaired) electrons. The van der Waals surface area contributed by atoms with Crippen LogP contribution < -0.4 is 0 Å². The second-order valence-corrected chi connectivity index (χ2v) is 6.82. The van der Waals surface area contributed by atoms with Crippen molar-refractivity contribution >= 4 is 0 Å². The Morgan fingerprint density at radius 3 is 2.57 bits per heavy atom. The summed E-state index contributed by atoms with van der Waals surface area (Å²) in [4.78, 5) is 2.66. The fourth-order valence-corrected chi connectivity index (χ4v) is 4.59. The van der Waals surface area contributed by atoms with Gasteiger partial charge in [-0.05, 0) is 50.1 Å².